The van der Waals surface area contributed by atoms with E-state index in [9.17, 15) is 9.59 Å². The van der Waals surface area contributed by atoms with Crippen LogP contribution in [0.1, 0.15) is 34.3 Å². The zero-order valence-electron chi connectivity index (χ0n) is 14.6. The van der Waals surface area contributed by atoms with Crippen LogP contribution in [0.5, 0.6) is 0 Å². The first-order chi connectivity index (χ1) is 12.7. The lowest BCUT2D eigenvalue weighted by Crippen LogP contribution is -2.31. The summed E-state index contributed by atoms with van der Waals surface area (Å²) >= 11 is 0. The fraction of sp³-hybridized carbons (Fsp3) is 0.333. The van der Waals surface area contributed by atoms with Gasteiger partial charge in [0.25, 0.3) is 5.91 Å². The Labute approximate surface area is 153 Å². The second-order valence-electron chi connectivity index (χ2n) is 6.83. The van der Waals surface area contributed by atoms with Crippen molar-refractivity contribution in [1.29, 1.82) is 0 Å². The number of hydrogen-bond donors (Lipinski definition) is 1. The predicted molar refractivity (Wildman–Crippen MR) is 99.1 cm³/mol. The van der Waals surface area contributed by atoms with Gasteiger partial charge in [0.1, 0.15) is 0 Å². The molecule has 2 aromatic carbocycles. The first-order valence-corrected chi connectivity index (χ1v) is 9.08. The summed E-state index contributed by atoms with van der Waals surface area (Å²) in [5, 5.41) is 2.93. The average molecular weight is 350 g/mol. The molecule has 0 bridgehead atoms. The fourth-order valence-corrected chi connectivity index (χ4v) is 3.58. The highest BCUT2D eigenvalue weighted by Crippen LogP contribution is 2.31. The number of nitrogens with one attached hydrogen (secondary N) is 1. The Kier molecular flexibility index (Phi) is 4.71. The van der Waals surface area contributed by atoms with Gasteiger partial charge in [-0.05, 0) is 42.2 Å². The van der Waals surface area contributed by atoms with Crippen LogP contribution in [0.2, 0.25) is 0 Å². The van der Waals surface area contributed by atoms with Crippen molar-refractivity contribution in [3.63, 3.8) is 0 Å². The quantitative estimate of drug-likeness (QED) is 0.902. The normalized spacial score (nSPS) is 18.8. The molecule has 0 spiro atoms. The highest BCUT2D eigenvalue weighted by molar-refractivity contribution is 6.03. The number of amides is 2. The maximum Gasteiger partial charge on any atom is 0.251 e. The maximum atomic E-state index is 12.4. The van der Waals surface area contributed by atoms with Gasteiger partial charge < -0.3 is 15.0 Å². The van der Waals surface area contributed by atoms with E-state index in [4.69, 9.17) is 4.74 Å². The molecule has 1 saturated heterocycles. The van der Waals surface area contributed by atoms with Gasteiger partial charge in [0, 0.05) is 24.4 Å². The van der Waals surface area contributed by atoms with Gasteiger partial charge in [0.05, 0.1) is 19.1 Å². The molecule has 2 aliphatic heterocycles. The third kappa shape index (κ3) is 3.48. The topological polar surface area (TPSA) is 58.6 Å². The van der Waals surface area contributed by atoms with Gasteiger partial charge in [-0.15, -0.1) is 0 Å². The van der Waals surface area contributed by atoms with Gasteiger partial charge in [-0.1, -0.05) is 30.3 Å². The van der Waals surface area contributed by atoms with Crippen molar-refractivity contribution in [2.45, 2.75) is 31.9 Å². The lowest BCUT2D eigenvalue weighted by molar-refractivity contribution is -0.117. The van der Waals surface area contributed by atoms with Crippen molar-refractivity contribution < 1.29 is 14.3 Å². The molecule has 0 aromatic heterocycles. The molecule has 1 fully saturated rings. The molecule has 2 heterocycles. The highest BCUT2D eigenvalue weighted by Gasteiger charge is 2.28. The van der Waals surface area contributed by atoms with E-state index in [1.807, 2.05) is 42.5 Å². The molecule has 0 aliphatic carbocycles. The second-order valence-corrected chi connectivity index (χ2v) is 6.83. The molecule has 0 radical (unpaired) electrons. The average Bonchev–Trinajstić information content (AvgIpc) is 3.28. The van der Waals surface area contributed by atoms with E-state index in [0.717, 1.165) is 36.3 Å². The highest BCUT2D eigenvalue weighted by atomic mass is 16.5. The summed E-state index contributed by atoms with van der Waals surface area (Å²) in [4.78, 5) is 26.6. The lowest BCUT2D eigenvalue weighted by Gasteiger charge is -2.18. The zero-order valence-corrected chi connectivity index (χ0v) is 14.6. The van der Waals surface area contributed by atoms with E-state index in [1.165, 1.54) is 0 Å². The number of hydrogen-bond acceptors (Lipinski definition) is 3. The summed E-state index contributed by atoms with van der Waals surface area (Å²) in [5.41, 5.74) is 3.49. The van der Waals surface area contributed by atoms with E-state index >= 15 is 0 Å². The van der Waals surface area contributed by atoms with E-state index in [0.29, 0.717) is 25.1 Å². The van der Waals surface area contributed by atoms with E-state index < -0.39 is 0 Å². The molecular weight excluding hydrogens is 328 g/mol. The molecule has 26 heavy (non-hydrogen) atoms. The third-order valence-corrected chi connectivity index (χ3v) is 4.97. The molecule has 4 rings (SSSR count). The number of rotatable bonds is 5. The van der Waals surface area contributed by atoms with Crippen molar-refractivity contribution >= 4 is 17.5 Å². The molecule has 5 heteroatoms. The fourth-order valence-electron chi connectivity index (χ4n) is 3.58. The minimum atomic E-state index is -0.114. The summed E-state index contributed by atoms with van der Waals surface area (Å²) in [5.74, 6) is -0.0435. The standard InChI is InChI=1S/C21H22N2O3/c24-20-12-17-11-16(21(25)22-13-18-7-4-10-26-18)8-9-19(17)23(20)14-15-5-2-1-3-6-15/h1-3,5-6,8-9,11,18H,4,7,10,12-14H2,(H,22,25)/t18-/m1/s1. The van der Waals surface area contributed by atoms with Gasteiger partial charge in [-0.2, -0.15) is 0 Å². The van der Waals surface area contributed by atoms with Crippen LogP contribution in [0.15, 0.2) is 48.5 Å². The largest absolute Gasteiger partial charge is 0.376 e. The van der Waals surface area contributed by atoms with Crippen molar-refractivity contribution in [3.05, 3.63) is 65.2 Å². The lowest BCUT2D eigenvalue weighted by atomic mass is 10.1. The third-order valence-electron chi connectivity index (χ3n) is 4.97. The van der Waals surface area contributed by atoms with Gasteiger partial charge in [-0.3, -0.25) is 9.59 Å². The number of anilines is 1. The first-order valence-electron chi connectivity index (χ1n) is 9.08. The van der Waals surface area contributed by atoms with Crippen molar-refractivity contribution in [3.8, 4) is 0 Å². The Bertz CT molecular complexity index is 813. The summed E-state index contributed by atoms with van der Waals surface area (Å²) in [6.45, 7) is 1.87. The monoisotopic (exact) mass is 350 g/mol. The van der Waals surface area contributed by atoms with Crippen molar-refractivity contribution in [2.75, 3.05) is 18.1 Å². The minimum Gasteiger partial charge on any atom is -0.376 e. The van der Waals surface area contributed by atoms with Gasteiger partial charge in [-0.25, -0.2) is 0 Å². The minimum absolute atomic E-state index is 0.0702. The number of carbonyl (C=O) groups excluding carboxylic acids is 2. The van der Waals surface area contributed by atoms with Crippen LogP contribution in [0.4, 0.5) is 5.69 Å². The Morgan fingerprint density at radius 1 is 1.19 bits per heavy atom. The number of nitrogens with zero attached hydrogens (tertiary/aromatic N) is 1. The van der Waals surface area contributed by atoms with Gasteiger partial charge in [0.2, 0.25) is 5.91 Å². The molecule has 0 saturated carbocycles. The number of carbonyl (C=O) groups is 2. The molecular formula is C21H22N2O3. The van der Waals surface area contributed by atoms with Crippen LogP contribution in [0, 0.1) is 0 Å². The second kappa shape index (κ2) is 7.30. The van der Waals surface area contributed by atoms with E-state index in [1.54, 1.807) is 11.0 Å². The van der Waals surface area contributed by atoms with Crippen LogP contribution >= 0.6 is 0 Å². The SMILES string of the molecule is O=C(NC[C@H]1CCCO1)c1ccc2c(c1)CC(=O)N2Cc1ccccc1. The molecule has 1 atom stereocenters. The molecule has 1 N–H and O–H groups in total. The maximum absolute atomic E-state index is 12.4. The molecule has 134 valence electrons. The Morgan fingerprint density at radius 2 is 2.04 bits per heavy atom. The zero-order chi connectivity index (χ0) is 17.9. The molecule has 2 aromatic rings. The predicted octanol–water partition coefficient (Wildman–Crippen LogP) is 2.68. The first kappa shape index (κ1) is 16.8. The smallest absolute Gasteiger partial charge is 0.251 e. The van der Waals surface area contributed by atoms with Crippen LogP contribution < -0.4 is 10.2 Å². The molecule has 5 nitrogen and oxygen atoms in total. The molecule has 0 unspecified atom stereocenters. The van der Waals surface area contributed by atoms with Crippen LogP contribution in [0.3, 0.4) is 0 Å². The molecule has 2 amide bonds. The van der Waals surface area contributed by atoms with E-state index in [2.05, 4.69) is 5.32 Å². The summed E-state index contributed by atoms with van der Waals surface area (Å²) < 4.78 is 5.53. The molecule has 2 aliphatic rings. The number of benzene rings is 2. The number of fused-ring (bicyclic) bond motifs is 1. The van der Waals surface area contributed by atoms with Gasteiger partial charge >= 0.3 is 0 Å². The summed E-state index contributed by atoms with van der Waals surface area (Å²) in [7, 11) is 0. The van der Waals surface area contributed by atoms with Crippen LogP contribution in [0.25, 0.3) is 0 Å². The summed E-state index contributed by atoms with van der Waals surface area (Å²) in [6, 6.07) is 15.4. The van der Waals surface area contributed by atoms with Crippen LogP contribution in [-0.4, -0.2) is 31.1 Å². The number of ether oxygens (including phenoxy) is 1. The van der Waals surface area contributed by atoms with Crippen LogP contribution in [-0.2, 0) is 22.5 Å². The van der Waals surface area contributed by atoms with Crippen molar-refractivity contribution in [1.82, 2.24) is 5.32 Å². The summed E-state index contributed by atoms with van der Waals surface area (Å²) in [6.07, 6.45) is 2.51. The Balaban J connectivity index is 1.46. The van der Waals surface area contributed by atoms with Gasteiger partial charge in [0.15, 0.2) is 0 Å². The Hall–Kier alpha value is -2.66. The van der Waals surface area contributed by atoms with Crippen molar-refractivity contribution in [2.24, 2.45) is 0 Å². The Morgan fingerprint density at radius 3 is 2.81 bits per heavy atom. The van der Waals surface area contributed by atoms with E-state index in [-0.39, 0.29) is 17.9 Å².